The highest BCUT2D eigenvalue weighted by Gasteiger charge is 2.30. The zero-order chi connectivity index (χ0) is 21.0. The lowest BCUT2D eigenvalue weighted by Gasteiger charge is -2.36. The van der Waals surface area contributed by atoms with Gasteiger partial charge >= 0.3 is 5.97 Å². The standard InChI is InChI=1S/C20H30N4O4S/c1-4-11-28-20(25)17-12-23-19-16(9-10-22-19)18(17)24(3)15-7-5-14(6-8-15)13-29(26,27)21-2/h9-10,12,14-15,21H,4-8,11,13H2,1-3H3,(H,22,23). The first-order valence-electron chi connectivity index (χ1n) is 10.1. The van der Waals surface area contributed by atoms with E-state index in [1.54, 1.807) is 6.20 Å². The normalized spacial score (nSPS) is 20.0. The minimum atomic E-state index is -3.19. The molecular formula is C20H30N4O4S. The summed E-state index contributed by atoms with van der Waals surface area (Å²) in [5.41, 5.74) is 2.02. The van der Waals surface area contributed by atoms with Gasteiger partial charge in [0.2, 0.25) is 10.0 Å². The Kier molecular flexibility index (Phi) is 6.79. The fourth-order valence-electron chi connectivity index (χ4n) is 4.07. The molecule has 0 radical (unpaired) electrons. The van der Waals surface area contributed by atoms with Gasteiger partial charge in [-0.1, -0.05) is 6.92 Å². The lowest BCUT2D eigenvalue weighted by molar-refractivity contribution is 0.0505. The third-order valence-electron chi connectivity index (χ3n) is 5.70. The van der Waals surface area contributed by atoms with E-state index in [0.717, 1.165) is 48.8 Å². The third-order valence-corrected chi connectivity index (χ3v) is 7.23. The van der Waals surface area contributed by atoms with Crippen LogP contribution in [0.2, 0.25) is 0 Å². The summed E-state index contributed by atoms with van der Waals surface area (Å²) in [6.45, 7) is 2.33. The van der Waals surface area contributed by atoms with Crippen LogP contribution in [0.25, 0.3) is 11.0 Å². The van der Waals surface area contributed by atoms with Crippen LogP contribution in [-0.2, 0) is 14.8 Å². The van der Waals surface area contributed by atoms with Crippen molar-refractivity contribution in [1.29, 1.82) is 0 Å². The van der Waals surface area contributed by atoms with Crippen LogP contribution in [0.3, 0.4) is 0 Å². The van der Waals surface area contributed by atoms with Crippen molar-refractivity contribution in [1.82, 2.24) is 14.7 Å². The van der Waals surface area contributed by atoms with Crippen LogP contribution in [-0.4, -0.2) is 56.9 Å². The summed E-state index contributed by atoms with van der Waals surface area (Å²) in [6.07, 6.45) is 7.58. The van der Waals surface area contributed by atoms with Crippen LogP contribution in [0, 0.1) is 5.92 Å². The molecule has 3 rings (SSSR count). The number of H-pyrrole nitrogens is 1. The predicted octanol–water partition coefficient (Wildman–Crippen LogP) is 2.67. The van der Waals surface area contributed by atoms with Gasteiger partial charge in [0.25, 0.3) is 0 Å². The number of anilines is 1. The number of hydrogen-bond acceptors (Lipinski definition) is 6. The molecule has 1 aliphatic carbocycles. The van der Waals surface area contributed by atoms with E-state index in [4.69, 9.17) is 4.74 Å². The smallest absolute Gasteiger partial charge is 0.341 e. The number of aromatic nitrogens is 2. The van der Waals surface area contributed by atoms with Crippen molar-refractivity contribution >= 4 is 32.7 Å². The van der Waals surface area contributed by atoms with Gasteiger partial charge in [-0.2, -0.15) is 0 Å². The van der Waals surface area contributed by atoms with Crippen LogP contribution in [0.5, 0.6) is 0 Å². The first-order valence-corrected chi connectivity index (χ1v) is 11.8. The number of hydrogen-bond donors (Lipinski definition) is 2. The van der Waals surface area contributed by atoms with E-state index in [1.807, 2.05) is 26.2 Å². The molecular weight excluding hydrogens is 392 g/mol. The molecule has 1 saturated carbocycles. The summed E-state index contributed by atoms with van der Waals surface area (Å²) in [7, 11) is 0.257. The van der Waals surface area contributed by atoms with Crippen molar-refractivity contribution in [3.8, 4) is 0 Å². The van der Waals surface area contributed by atoms with Gasteiger partial charge in [-0.05, 0) is 51.1 Å². The zero-order valence-electron chi connectivity index (χ0n) is 17.3. The molecule has 8 nitrogen and oxygen atoms in total. The van der Waals surface area contributed by atoms with E-state index < -0.39 is 10.0 Å². The van der Waals surface area contributed by atoms with Crippen LogP contribution < -0.4 is 9.62 Å². The molecule has 0 unspecified atom stereocenters. The Bertz CT molecular complexity index is 949. The van der Waals surface area contributed by atoms with Crippen molar-refractivity contribution in [3.63, 3.8) is 0 Å². The maximum atomic E-state index is 12.6. The van der Waals surface area contributed by atoms with Crippen molar-refractivity contribution in [2.45, 2.75) is 45.1 Å². The Morgan fingerprint density at radius 3 is 2.72 bits per heavy atom. The minimum Gasteiger partial charge on any atom is -0.462 e. The molecule has 9 heteroatoms. The number of carbonyl (C=O) groups excluding carboxylic acids is 1. The van der Waals surface area contributed by atoms with Crippen LogP contribution in [0.15, 0.2) is 18.5 Å². The predicted molar refractivity (Wildman–Crippen MR) is 114 cm³/mol. The maximum absolute atomic E-state index is 12.6. The number of pyridine rings is 1. The number of aromatic amines is 1. The number of rotatable bonds is 8. The Morgan fingerprint density at radius 1 is 1.34 bits per heavy atom. The summed E-state index contributed by atoms with van der Waals surface area (Å²) >= 11 is 0. The highest BCUT2D eigenvalue weighted by molar-refractivity contribution is 7.89. The molecule has 2 N–H and O–H groups in total. The highest BCUT2D eigenvalue weighted by Crippen LogP contribution is 2.35. The summed E-state index contributed by atoms with van der Waals surface area (Å²) in [5, 5.41) is 0.887. The number of esters is 1. The maximum Gasteiger partial charge on any atom is 0.341 e. The van der Waals surface area contributed by atoms with Gasteiger partial charge in [0.05, 0.1) is 18.0 Å². The van der Waals surface area contributed by atoms with Crippen molar-refractivity contribution in [3.05, 3.63) is 24.0 Å². The fraction of sp³-hybridized carbons (Fsp3) is 0.600. The third kappa shape index (κ3) is 4.90. The second-order valence-corrected chi connectivity index (χ2v) is 9.64. The summed E-state index contributed by atoms with van der Waals surface area (Å²) < 4.78 is 31.5. The van der Waals surface area contributed by atoms with Gasteiger partial charge in [-0.3, -0.25) is 0 Å². The largest absolute Gasteiger partial charge is 0.462 e. The minimum absolute atomic E-state index is 0.163. The van der Waals surface area contributed by atoms with Crippen LogP contribution >= 0.6 is 0 Å². The molecule has 2 aromatic rings. The average molecular weight is 423 g/mol. The summed E-state index contributed by atoms with van der Waals surface area (Å²) in [4.78, 5) is 22.3. The van der Waals surface area contributed by atoms with Gasteiger partial charge in [-0.15, -0.1) is 0 Å². The molecule has 0 bridgehead atoms. The van der Waals surface area contributed by atoms with Crippen molar-refractivity contribution < 1.29 is 17.9 Å². The molecule has 0 spiro atoms. The van der Waals surface area contributed by atoms with Gasteiger partial charge in [0, 0.05) is 30.9 Å². The second-order valence-electron chi connectivity index (χ2n) is 7.67. The molecule has 2 aromatic heterocycles. The van der Waals surface area contributed by atoms with Gasteiger partial charge in [-0.25, -0.2) is 22.9 Å². The van der Waals surface area contributed by atoms with E-state index in [9.17, 15) is 13.2 Å². The average Bonchev–Trinajstić information content (AvgIpc) is 3.20. The van der Waals surface area contributed by atoms with Crippen molar-refractivity contribution in [2.24, 2.45) is 5.92 Å². The zero-order valence-corrected chi connectivity index (χ0v) is 18.1. The Hall–Kier alpha value is -2.13. The topological polar surface area (TPSA) is 104 Å². The van der Waals surface area contributed by atoms with Crippen molar-refractivity contribution in [2.75, 3.05) is 31.4 Å². The number of fused-ring (bicyclic) bond motifs is 1. The molecule has 1 fully saturated rings. The molecule has 160 valence electrons. The molecule has 0 amide bonds. The highest BCUT2D eigenvalue weighted by atomic mass is 32.2. The van der Waals surface area contributed by atoms with Gasteiger partial charge in [0.15, 0.2) is 0 Å². The first kappa shape index (κ1) is 21.6. The second kappa shape index (κ2) is 9.13. The monoisotopic (exact) mass is 422 g/mol. The summed E-state index contributed by atoms with van der Waals surface area (Å²) in [6, 6.07) is 2.15. The number of nitrogens with zero attached hydrogens (tertiary/aromatic N) is 2. The Labute approximate surface area is 172 Å². The van der Waals surface area contributed by atoms with E-state index in [-0.39, 0.29) is 23.7 Å². The number of nitrogens with one attached hydrogen (secondary N) is 2. The van der Waals surface area contributed by atoms with E-state index >= 15 is 0 Å². The quantitative estimate of drug-likeness (QED) is 0.634. The number of carbonyl (C=O) groups is 1. The molecule has 2 heterocycles. The number of sulfonamides is 1. The molecule has 0 aliphatic heterocycles. The fourth-order valence-corrected chi connectivity index (χ4v) is 5.19. The van der Waals surface area contributed by atoms with E-state index in [1.165, 1.54) is 7.05 Å². The SMILES string of the molecule is CCCOC(=O)c1cnc2[nH]ccc2c1N(C)C1CCC(CS(=O)(=O)NC)CC1. The van der Waals surface area contributed by atoms with Crippen LogP contribution in [0.1, 0.15) is 49.4 Å². The molecule has 0 atom stereocenters. The lowest BCUT2D eigenvalue weighted by Crippen LogP contribution is -2.38. The molecule has 29 heavy (non-hydrogen) atoms. The van der Waals surface area contributed by atoms with Crippen LogP contribution in [0.4, 0.5) is 5.69 Å². The first-order chi connectivity index (χ1) is 13.9. The molecule has 1 aliphatic rings. The van der Waals surface area contributed by atoms with Gasteiger partial charge < -0.3 is 14.6 Å². The Balaban J connectivity index is 1.81. The summed E-state index contributed by atoms with van der Waals surface area (Å²) in [5.74, 6) is -0.0276. The van der Waals surface area contributed by atoms with E-state index in [0.29, 0.717) is 12.2 Å². The molecule has 0 aromatic carbocycles. The lowest BCUT2D eigenvalue weighted by atomic mass is 9.86. The van der Waals surface area contributed by atoms with E-state index in [2.05, 4.69) is 19.6 Å². The number of ether oxygens (including phenoxy) is 1. The Morgan fingerprint density at radius 2 is 2.07 bits per heavy atom. The van der Waals surface area contributed by atoms with Gasteiger partial charge in [0.1, 0.15) is 11.2 Å². The molecule has 0 saturated heterocycles.